The molecule has 2 aromatic rings. The average molecular weight is 459 g/mol. The lowest BCUT2D eigenvalue weighted by Crippen LogP contribution is -2.45. The number of amides is 2. The molecule has 0 unspecified atom stereocenters. The van der Waals surface area contributed by atoms with Crippen molar-refractivity contribution in [2.45, 2.75) is 6.92 Å². The van der Waals surface area contributed by atoms with Gasteiger partial charge in [-0.25, -0.2) is 4.79 Å². The Morgan fingerprint density at radius 3 is 2.48 bits per heavy atom. The molecule has 1 fully saturated rings. The van der Waals surface area contributed by atoms with E-state index in [0.29, 0.717) is 5.56 Å². The van der Waals surface area contributed by atoms with Gasteiger partial charge in [-0.2, -0.15) is 5.01 Å². The minimum Gasteiger partial charge on any atom is -0.493 e. The van der Waals surface area contributed by atoms with Gasteiger partial charge in [-0.05, 0) is 48.5 Å². The zero-order valence-corrected chi connectivity index (χ0v) is 18.4. The number of aryl methyl sites for hydroxylation is 1. The summed E-state index contributed by atoms with van der Waals surface area (Å²) in [6, 6.07) is 9.99. The molecular weight excluding hydrogens is 440 g/mol. The van der Waals surface area contributed by atoms with Crippen LogP contribution >= 0.6 is 24.0 Å². The number of carbonyl (C=O) groups is 3. The van der Waals surface area contributed by atoms with E-state index in [-0.39, 0.29) is 31.9 Å². The summed E-state index contributed by atoms with van der Waals surface area (Å²) < 4.78 is 10.5. The number of carboxylic acid groups (broad SMARTS) is 1. The normalized spacial score (nSPS) is 14.7. The number of methoxy groups -OCH3 is 2. The first-order valence-corrected chi connectivity index (χ1v) is 10.1. The van der Waals surface area contributed by atoms with Gasteiger partial charge in [0.25, 0.3) is 11.8 Å². The highest BCUT2D eigenvalue weighted by molar-refractivity contribution is 8.26. The van der Waals surface area contributed by atoms with Crippen molar-refractivity contribution < 1.29 is 29.0 Å². The smallest absolute Gasteiger partial charge is 0.340 e. The number of hydrogen-bond acceptors (Lipinski definition) is 7. The van der Waals surface area contributed by atoms with Crippen molar-refractivity contribution >= 4 is 52.2 Å². The molecule has 2 N–H and O–H groups in total. The molecule has 0 aliphatic carbocycles. The van der Waals surface area contributed by atoms with Crippen molar-refractivity contribution in [3.8, 4) is 11.5 Å². The fourth-order valence-electron chi connectivity index (χ4n) is 2.98. The molecule has 1 aliphatic heterocycles. The monoisotopic (exact) mass is 458 g/mol. The van der Waals surface area contributed by atoms with Crippen molar-refractivity contribution in [3.05, 3.63) is 63.6 Å². The summed E-state index contributed by atoms with van der Waals surface area (Å²) in [6.45, 7) is 1.78. The molecule has 0 bridgehead atoms. The molecule has 1 heterocycles. The van der Waals surface area contributed by atoms with Crippen LogP contribution < -0.4 is 14.9 Å². The predicted octanol–water partition coefficient (Wildman–Crippen LogP) is 3.26. The molecule has 1 saturated heterocycles. The molecule has 0 radical (unpaired) electrons. The van der Waals surface area contributed by atoms with Crippen LogP contribution in [0.3, 0.4) is 0 Å². The molecule has 160 valence electrons. The Morgan fingerprint density at radius 2 is 1.87 bits per heavy atom. The quantitative estimate of drug-likeness (QED) is 0.502. The van der Waals surface area contributed by atoms with E-state index >= 15 is 0 Å². The van der Waals surface area contributed by atoms with Crippen LogP contribution in [0.25, 0.3) is 6.08 Å². The number of carboxylic acids is 1. The van der Waals surface area contributed by atoms with Crippen LogP contribution in [0.1, 0.15) is 31.8 Å². The van der Waals surface area contributed by atoms with Crippen LogP contribution in [0.15, 0.2) is 41.3 Å². The second-order valence-electron chi connectivity index (χ2n) is 6.34. The van der Waals surface area contributed by atoms with Gasteiger partial charge in [0.05, 0.1) is 19.1 Å². The van der Waals surface area contributed by atoms with Crippen LogP contribution in [-0.2, 0) is 4.79 Å². The maximum absolute atomic E-state index is 12.9. The van der Waals surface area contributed by atoms with Gasteiger partial charge >= 0.3 is 5.97 Å². The number of hydrazine groups is 1. The third kappa shape index (κ3) is 4.39. The topological polar surface area (TPSA) is 105 Å². The van der Waals surface area contributed by atoms with Gasteiger partial charge < -0.3 is 14.6 Å². The summed E-state index contributed by atoms with van der Waals surface area (Å²) >= 11 is 6.19. The Hall–Kier alpha value is -3.37. The molecule has 0 spiro atoms. The molecule has 1 aliphatic rings. The summed E-state index contributed by atoms with van der Waals surface area (Å²) in [6.07, 6.45) is 1.39. The number of ether oxygens (including phenoxy) is 2. The van der Waals surface area contributed by atoms with E-state index in [1.54, 1.807) is 31.2 Å². The first-order valence-electron chi connectivity index (χ1n) is 8.91. The van der Waals surface area contributed by atoms with Crippen molar-refractivity contribution in [2.24, 2.45) is 0 Å². The summed E-state index contributed by atoms with van der Waals surface area (Å²) in [5.41, 5.74) is 3.74. The number of thioether (sulfide) groups is 1. The van der Waals surface area contributed by atoms with Crippen LogP contribution in [0.4, 0.5) is 0 Å². The number of nitrogens with one attached hydrogen (secondary N) is 1. The van der Waals surface area contributed by atoms with Gasteiger partial charge in [-0.15, -0.1) is 0 Å². The van der Waals surface area contributed by atoms with Gasteiger partial charge in [0.2, 0.25) is 0 Å². The fraction of sp³-hybridized carbons (Fsp3) is 0.143. The Bertz CT molecular complexity index is 1130. The lowest BCUT2D eigenvalue weighted by molar-refractivity contribution is -0.123. The lowest BCUT2D eigenvalue weighted by atomic mass is 10.0. The maximum atomic E-state index is 12.9. The number of benzene rings is 2. The summed E-state index contributed by atoms with van der Waals surface area (Å²) in [7, 11) is 2.72. The predicted molar refractivity (Wildman–Crippen MR) is 120 cm³/mol. The molecule has 3 rings (SSSR count). The SMILES string of the molecule is COc1ccc(/C=C2/SC(=S)N(NC(=O)c3ccccc3C)C2=O)c(C(=O)O)c1OC. The fourth-order valence-corrected chi connectivity index (χ4v) is 4.15. The van der Waals surface area contributed by atoms with Crippen molar-refractivity contribution in [1.82, 2.24) is 10.4 Å². The molecule has 2 amide bonds. The highest BCUT2D eigenvalue weighted by Gasteiger charge is 2.34. The Kier molecular flexibility index (Phi) is 6.62. The van der Waals surface area contributed by atoms with E-state index in [9.17, 15) is 19.5 Å². The third-order valence-electron chi connectivity index (χ3n) is 4.48. The first kappa shape index (κ1) is 22.3. The van der Waals surface area contributed by atoms with Crippen molar-refractivity contribution in [2.75, 3.05) is 14.2 Å². The molecule has 8 nitrogen and oxygen atoms in total. The second-order valence-corrected chi connectivity index (χ2v) is 8.02. The summed E-state index contributed by atoms with van der Waals surface area (Å²) in [5, 5.41) is 10.6. The van der Waals surface area contributed by atoms with E-state index in [1.165, 1.54) is 32.4 Å². The standard InChI is InChI=1S/C21H18N2O6S2/c1-11-6-4-5-7-13(11)18(24)22-23-19(25)15(31-21(23)30)10-12-8-9-14(28-2)17(29-3)16(12)20(26)27/h4-10H,1-3H3,(H,22,24)(H,26,27)/b15-10+. The Balaban J connectivity index is 1.93. The number of thiocarbonyl (C=S) groups is 1. The van der Waals surface area contributed by atoms with Crippen LogP contribution in [0.2, 0.25) is 0 Å². The third-order valence-corrected chi connectivity index (χ3v) is 5.78. The number of hydrogen-bond donors (Lipinski definition) is 2. The molecule has 0 atom stereocenters. The molecule has 0 aromatic heterocycles. The maximum Gasteiger partial charge on any atom is 0.340 e. The van der Waals surface area contributed by atoms with Crippen molar-refractivity contribution in [1.29, 1.82) is 0 Å². The Morgan fingerprint density at radius 1 is 1.16 bits per heavy atom. The molecule has 10 heteroatoms. The number of carbonyl (C=O) groups excluding carboxylic acids is 2. The van der Waals surface area contributed by atoms with Crippen LogP contribution in [0, 0.1) is 6.92 Å². The van der Waals surface area contributed by atoms with E-state index < -0.39 is 17.8 Å². The van der Waals surface area contributed by atoms with E-state index in [4.69, 9.17) is 21.7 Å². The number of aromatic carboxylic acids is 1. The van der Waals surface area contributed by atoms with Gasteiger partial charge in [0.15, 0.2) is 15.8 Å². The molecule has 2 aromatic carbocycles. The highest BCUT2D eigenvalue weighted by Crippen LogP contribution is 2.37. The van der Waals surface area contributed by atoms with Crippen LogP contribution in [-0.4, -0.2) is 46.4 Å². The van der Waals surface area contributed by atoms with Crippen molar-refractivity contribution in [3.63, 3.8) is 0 Å². The minimum atomic E-state index is -1.25. The second kappa shape index (κ2) is 9.19. The van der Waals surface area contributed by atoms with Gasteiger partial charge in [0, 0.05) is 5.56 Å². The number of nitrogens with zero attached hydrogens (tertiary/aromatic N) is 1. The summed E-state index contributed by atoms with van der Waals surface area (Å²) in [5.74, 6) is -2.01. The van der Waals surface area contributed by atoms with Gasteiger partial charge in [-0.1, -0.05) is 36.0 Å². The average Bonchev–Trinajstić information content (AvgIpc) is 3.00. The zero-order chi connectivity index (χ0) is 22.7. The lowest BCUT2D eigenvalue weighted by Gasteiger charge is -2.16. The largest absolute Gasteiger partial charge is 0.493 e. The van der Waals surface area contributed by atoms with E-state index in [0.717, 1.165) is 22.3 Å². The molecular formula is C21H18N2O6S2. The van der Waals surface area contributed by atoms with E-state index in [1.807, 2.05) is 0 Å². The number of rotatable bonds is 6. The minimum absolute atomic E-state index is 0.0343. The molecule has 0 saturated carbocycles. The van der Waals surface area contributed by atoms with Gasteiger partial charge in [-0.3, -0.25) is 15.0 Å². The van der Waals surface area contributed by atoms with Gasteiger partial charge in [0.1, 0.15) is 5.56 Å². The van der Waals surface area contributed by atoms with Crippen LogP contribution in [0.5, 0.6) is 11.5 Å². The first-order chi connectivity index (χ1) is 14.8. The Labute approximate surface area is 187 Å². The molecule has 31 heavy (non-hydrogen) atoms. The zero-order valence-electron chi connectivity index (χ0n) is 16.8. The summed E-state index contributed by atoms with van der Waals surface area (Å²) in [4.78, 5) is 37.4. The van der Waals surface area contributed by atoms with E-state index in [2.05, 4.69) is 5.43 Å². The highest BCUT2D eigenvalue weighted by atomic mass is 32.2.